The molecule has 1 aromatic carbocycles. The maximum Gasteiger partial charge on any atom is 0.218 e. The van der Waals surface area contributed by atoms with E-state index in [1.807, 2.05) is 6.07 Å². The maximum absolute atomic E-state index is 5.37. The summed E-state index contributed by atoms with van der Waals surface area (Å²) in [5.74, 6) is 0.676. The van der Waals surface area contributed by atoms with E-state index in [1.165, 1.54) is 11.1 Å². The Morgan fingerprint density at radius 2 is 2.11 bits per heavy atom. The monoisotopic (exact) mass is 256 g/mol. The molecule has 1 N–H and O–H groups in total. The normalized spacial score (nSPS) is 12.2. The molecule has 1 aromatic heterocycles. The second-order valence-corrected chi connectivity index (χ2v) is 4.51. The number of rotatable bonds is 5. The van der Waals surface area contributed by atoms with Crippen LogP contribution in [-0.4, -0.2) is 18.6 Å². The molecule has 0 saturated heterocycles. The second kappa shape index (κ2) is 6.34. The van der Waals surface area contributed by atoms with Crippen LogP contribution in [0, 0.1) is 6.92 Å². The number of methoxy groups -OCH3 is 1. The largest absolute Gasteiger partial charge is 0.481 e. The van der Waals surface area contributed by atoms with E-state index in [0.717, 1.165) is 12.1 Å². The fraction of sp³-hybridized carbons (Fsp3) is 0.312. The van der Waals surface area contributed by atoms with Crippen molar-refractivity contribution < 1.29 is 4.74 Å². The average molecular weight is 256 g/mol. The van der Waals surface area contributed by atoms with Crippen molar-refractivity contribution in [1.29, 1.82) is 0 Å². The molecule has 0 aliphatic carbocycles. The molecule has 19 heavy (non-hydrogen) atoms. The SMILES string of the molecule is CCNC(c1cccc(C)c1)c1cccnc1OC. The summed E-state index contributed by atoms with van der Waals surface area (Å²) in [7, 11) is 1.66. The summed E-state index contributed by atoms with van der Waals surface area (Å²) in [4.78, 5) is 4.29. The number of aromatic nitrogens is 1. The van der Waals surface area contributed by atoms with E-state index >= 15 is 0 Å². The highest BCUT2D eigenvalue weighted by Crippen LogP contribution is 2.28. The van der Waals surface area contributed by atoms with E-state index in [2.05, 4.69) is 54.5 Å². The van der Waals surface area contributed by atoms with Crippen LogP contribution in [0.5, 0.6) is 5.88 Å². The van der Waals surface area contributed by atoms with Crippen LogP contribution in [0.2, 0.25) is 0 Å². The third-order valence-corrected chi connectivity index (χ3v) is 3.09. The number of pyridine rings is 1. The molecule has 0 aliphatic heterocycles. The molecule has 0 aliphatic rings. The Morgan fingerprint density at radius 1 is 1.26 bits per heavy atom. The molecule has 0 spiro atoms. The summed E-state index contributed by atoms with van der Waals surface area (Å²) in [5.41, 5.74) is 3.55. The number of hydrogen-bond acceptors (Lipinski definition) is 3. The molecule has 1 heterocycles. The topological polar surface area (TPSA) is 34.2 Å². The number of hydrogen-bond donors (Lipinski definition) is 1. The molecule has 1 unspecified atom stereocenters. The number of aryl methyl sites for hydroxylation is 1. The highest BCUT2D eigenvalue weighted by Gasteiger charge is 2.17. The van der Waals surface area contributed by atoms with Crippen molar-refractivity contribution in [2.45, 2.75) is 19.9 Å². The lowest BCUT2D eigenvalue weighted by molar-refractivity contribution is 0.387. The predicted molar refractivity (Wildman–Crippen MR) is 77.5 cm³/mol. The number of nitrogens with zero attached hydrogens (tertiary/aromatic N) is 1. The van der Waals surface area contributed by atoms with E-state index in [1.54, 1.807) is 13.3 Å². The van der Waals surface area contributed by atoms with E-state index in [4.69, 9.17) is 4.74 Å². The zero-order valence-corrected chi connectivity index (χ0v) is 11.7. The molecule has 3 heteroatoms. The van der Waals surface area contributed by atoms with Gasteiger partial charge in [0.15, 0.2) is 0 Å². The molecule has 3 nitrogen and oxygen atoms in total. The highest BCUT2D eigenvalue weighted by atomic mass is 16.5. The van der Waals surface area contributed by atoms with Gasteiger partial charge in [0.2, 0.25) is 5.88 Å². The lowest BCUT2D eigenvalue weighted by Gasteiger charge is -2.20. The van der Waals surface area contributed by atoms with Crippen LogP contribution in [-0.2, 0) is 0 Å². The van der Waals surface area contributed by atoms with Crippen molar-refractivity contribution in [3.8, 4) is 5.88 Å². The maximum atomic E-state index is 5.37. The zero-order valence-electron chi connectivity index (χ0n) is 11.7. The molecule has 0 amide bonds. The summed E-state index contributed by atoms with van der Waals surface area (Å²) in [6.07, 6.45) is 1.75. The van der Waals surface area contributed by atoms with Crippen molar-refractivity contribution in [1.82, 2.24) is 10.3 Å². The Bertz CT molecular complexity index is 540. The van der Waals surface area contributed by atoms with Gasteiger partial charge in [0.05, 0.1) is 13.2 Å². The van der Waals surface area contributed by atoms with Crippen LogP contribution in [0.3, 0.4) is 0 Å². The average Bonchev–Trinajstić information content (AvgIpc) is 2.45. The van der Waals surface area contributed by atoms with Crippen molar-refractivity contribution in [2.75, 3.05) is 13.7 Å². The minimum atomic E-state index is 0.105. The molecule has 2 rings (SSSR count). The first-order valence-electron chi connectivity index (χ1n) is 6.55. The predicted octanol–water partition coefficient (Wildman–Crippen LogP) is 3.10. The minimum absolute atomic E-state index is 0.105. The summed E-state index contributed by atoms with van der Waals surface area (Å²) < 4.78 is 5.37. The number of nitrogens with one attached hydrogen (secondary N) is 1. The first-order valence-corrected chi connectivity index (χ1v) is 6.55. The van der Waals surface area contributed by atoms with E-state index in [9.17, 15) is 0 Å². The third kappa shape index (κ3) is 3.12. The Labute approximate surface area is 114 Å². The molecule has 0 fully saturated rings. The van der Waals surface area contributed by atoms with E-state index < -0.39 is 0 Å². The first kappa shape index (κ1) is 13.6. The summed E-state index contributed by atoms with van der Waals surface area (Å²) in [5, 5.41) is 3.50. The van der Waals surface area contributed by atoms with Crippen LogP contribution in [0.1, 0.15) is 29.7 Å². The third-order valence-electron chi connectivity index (χ3n) is 3.09. The van der Waals surface area contributed by atoms with E-state index in [-0.39, 0.29) is 6.04 Å². The van der Waals surface area contributed by atoms with Gasteiger partial charge in [-0.05, 0) is 25.1 Å². The van der Waals surface area contributed by atoms with Crippen LogP contribution in [0.4, 0.5) is 0 Å². The van der Waals surface area contributed by atoms with Crippen molar-refractivity contribution in [3.63, 3.8) is 0 Å². The van der Waals surface area contributed by atoms with Crippen LogP contribution in [0.15, 0.2) is 42.6 Å². The van der Waals surface area contributed by atoms with Gasteiger partial charge in [0, 0.05) is 11.8 Å². The van der Waals surface area contributed by atoms with Gasteiger partial charge in [-0.25, -0.2) is 4.98 Å². The molecule has 100 valence electrons. The standard InChI is InChI=1S/C16H20N2O/c1-4-17-15(13-8-5-7-12(2)11-13)14-9-6-10-18-16(14)19-3/h5-11,15,17H,4H2,1-3H3. The fourth-order valence-electron chi connectivity index (χ4n) is 2.25. The van der Waals surface area contributed by atoms with Crippen LogP contribution >= 0.6 is 0 Å². The Hall–Kier alpha value is -1.87. The van der Waals surface area contributed by atoms with Crippen molar-refractivity contribution in [3.05, 3.63) is 59.3 Å². The van der Waals surface area contributed by atoms with Crippen LogP contribution in [0.25, 0.3) is 0 Å². The van der Waals surface area contributed by atoms with Gasteiger partial charge >= 0.3 is 0 Å². The molecular weight excluding hydrogens is 236 g/mol. The Kier molecular flexibility index (Phi) is 4.53. The summed E-state index contributed by atoms with van der Waals surface area (Å²) >= 11 is 0. The van der Waals surface area contributed by atoms with Crippen molar-refractivity contribution >= 4 is 0 Å². The van der Waals surface area contributed by atoms with Crippen molar-refractivity contribution in [2.24, 2.45) is 0 Å². The van der Waals surface area contributed by atoms with Gasteiger partial charge in [-0.2, -0.15) is 0 Å². The molecule has 2 aromatic rings. The number of benzene rings is 1. The van der Waals surface area contributed by atoms with Gasteiger partial charge in [0.25, 0.3) is 0 Å². The summed E-state index contributed by atoms with van der Waals surface area (Å²) in [6.45, 7) is 5.09. The summed E-state index contributed by atoms with van der Waals surface area (Å²) in [6, 6.07) is 12.6. The minimum Gasteiger partial charge on any atom is -0.481 e. The fourth-order valence-corrected chi connectivity index (χ4v) is 2.25. The van der Waals surface area contributed by atoms with E-state index in [0.29, 0.717) is 5.88 Å². The van der Waals surface area contributed by atoms with Gasteiger partial charge in [-0.15, -0.1) is 0 Å². The number of ether oxygens (including phenoxy) is 1. The smallest absolute Gasteiger partial charge is 0.218 e. The zero-order chi connectivity index (χ0) is 13.7. The van der Waals surface area contributed by atoms with Gasteiger partial charge in [0.1, 0.15) is 0 Å². The highest BCUT2D eigenvalue weighted by molar-refractivity contribution is 5.38. The molecule has 0 radical (unpaired) electrons. The van der Waals surface area contributed by atoms with Gasteiger partial charge in [-0.1, -0.05) is 42.8 Å². The Morgan fingerprint density at radius 3 is 2.79 bits per heavy atom. The molecule has 1 atom stereocenters. The molecule has 0 saturated carbocycles. The second-order valence-electron chi connectivity index (χ2n) is 4.51. The Balaban J connectivity index is 2.45. The lowest BCUT2D eigenvalue weighted by Crippen LogP contribution is -2.22. The lowest BCUT2D eigenvalue weighted by atomic mass is 9.98. The van der Waals surface area contributed by atoms with Gasteiger partial charge in [-0.3, -0.25) is 0 Å². The van der Waals surface area contributed by atoms with Gasteiger partial charge < -0.3 is 10.1 Å². The molecule has 0 bridgehead atoms. The van der Waals surface area contributed by atoms with Crippen LogP contribution < -0.4 is 10.1 Å². The quantitative estimate of drug-likeness (QED) is 0.892. The first-order chi connectivity index (χ1) is 9.26. The molecular formula is C16H20N2O.